The molecule has 0 spiro atoms. The van der Waals surface area contributed by atoms with Crippen molar-refractivity contribution in [3.05, 3.63) is 30.1 Å². The zero-order chi connectivity index (χ0) is 13.2. The summed E-state index contributed by atoms with van der Waals surface area (Å²) in [6.07, 6.45) is 6.48. The Labute approximate surface area is 110 Å². The number of carbonyl (C=O) groups is 1. The number of primary amides is 1. The molecule has 0 atom stereocenters. The van der Waals surface area contributed by atoms with E-state index in [0.29, 0.717) is 0 Å². The summed E-state index contributed by atoms with van der Waals surface area (Å²) >= 11 is 0. The molecule has 0 aromatic carbocycles. The lowest BCUT2D eigenvalue weighted by Crippen LogP contribution is -2.23. The van der Waals surface area contributed by atoms with E-state index in [1.165, 1.54) is 4.68 Å². The van der Waals surface area contributed by atoms with Gasteiger partial charge in [-0.05, 0) is 31.4 Å². The van der Waals surface area contributed by atoms with E-state index < -0.39 is 6.03 Å². The number of hydrogen-bond donors (Lipinski definition) is 2. The molecular weight excluding hydrogens is 242 g/mol. The minimum absolute atomic E-state index is 0.564. The molecule has 1 amide bonds. The van der Waals surface area contributed by atoms with Gasteiger partial charge >= 0.3 is 6.03 Å². The van der Waals surface area contributed by atoms with E-state index in [0.717, 1.165) is 48.4 Å². The predicted octanol–water partition coefficient (Wildman–Crippen LogP) is 1.62. The van der Waals surface area contributed by atoms with Gasteiger partial charge in [-0.2, -0.15) is 9.78 Å². The first-order valence-electron chi connectivity index (χ1n) is 6.33. The highest BCUT2D eigenvalue weighted by Gasteiger charge is 2.22. The molecule has 3 N–H and O–H groups in total. The van der Waals surface area contributed by atoms with Crippen molar-refractivity contribution < 1.29 is 4.79 Å². The highest BCUT2D eigenvalue weighted by Crippen LogP contribution is 2.31. The first kappa shape index (κ1) is 11.7. The molecule has 6 heteroatoms. The summed E-state index contributed by atoms with van der Waals surface area (Å²) in [5.41, 5.74) is 8.21. The third-order valence-corrected chi connectivity index (χ3v) is 3.29. The third-order valence-electron chi connectivity index (χ3n) is 3.29. The second-order valence-corrected chi connectivity index (χ2v) is 4.55. The van der Waals surface area contributed by atoms with Gasteiger partial charge in [0.05, 0.1) is 5.69 Å². The molecule has 6 nitrogen and oxygen atoms in total. The molecule has 3 heterocycles. The van der Waals surface area contributed by atoms with E-state index in [-0.39, 0.29) is 0 Å². The van der Waals surface area contributed by atoms with E-state index in [4.69, 9.17) is 5.73 Å². The zero-order valence-corrected chi connectivity index (χ0v) is 10.5. The Hall–Kier alpha value is -2.37. The fourth-order valence-electron chi connectivity index (χ4n) is 2.40. The molecule has 0 saturated carbocycles. The number of nitrogens with two attached hydrogens (primary N) is 1. The van der Waals surface area contributed by atoms with Gasteiger partial charge in [0, 0.05) is 30.1 Å². The molecule has 0 bridgehead atoms. The summed E-state index contributed by atoms with van der Waals surface area (Å²) in [6, 6.07) is 3.21. The quantitative estimate of drug-likeness (QED) is 0.812. The minimum atomic E-state index is -0.564. The van der Waals surface area contributed by atoms with Crippen molar-refractivity contribution >= 4 is 11.8 Å². The number of carbonyl (C=O) groups excluding carboxylic acids is 1. The monoisotopic (exact) mass is 257 g/mol. The van der Waals surface area contributed by atoms with Crippen LogP contribution in [-0.2, 0) is 6.42 Å². The number of anilines is 1. The van der Waals surface area contributed by atoms with Crippen LogP contribution in [0.2, 0.25) is 0 Å². The summed E-state index contributed by atoms with van der Waals surface area (Å²) in [5.74, 6) is 0.733. The smallest absolute Gasteiger partial charge is 0.341 e. The SMILES string of the molecule is NC(=O)n1nc(-c2ccncc2)c2c1NCCCC2. The first-order chi connectivity index (χ1) is 9.27. The van der Waals surface area contributed by atoms with Gasteiger partial charge in [-0.25, -0.2) is 4.79 Å². The van der Waals surface area contributed by atoms with Gasteiger partial charge in [0.25, 0.3) is 0 Å². The fourth-order valence-corrected chi connectivity index (χ4v) is 2.40. The summed E-state index contributed by atoms with van der Waals surface area (Å²) in [5, 5.41) is 7.60. The van der Waals surface area contributed by atoms with Gasteiger partial charge in [-0.3, -0.25) is 4.98 Å². The molecule has 19 heavy (non-hydrogen) atoms. The Morgan fingerprint density at radius 3 is 2.84 bits per heavy atom. The van der Waals surface area contributed by atoms with Gasteiger partial charge in [-0.1, -0.05) is 0 Å². The highest BCUT2D eigenvalue weighted by atomic mass is 16.2. The van der Waals surface area contributed by atoms with Crippen molar-refractivity contribution in [3.8, 4) is 11.3 Å². The van der Waals surface area contributed by atoms with E-state index >= 15 is 0 Å². The Kier molecular flexibility index (Phi) is 2.91. The van der Waals surface area contributed by atoms with Gasteiger partial charge in [0.15, 0.2) is 0 Å². The average molecular weight is 257 g/mol. The zero-order valence-electron chi connectivity index (χ0n) is 10.5. The molecule has 0 fully saturated rings. The van der Waals surface area contributed by atoms with Crippen molar-refractivity contribution in [2.75, 3.05) is 11.9 Å². The fraction of sp³-hybridized carbons (Fsp3) is 0.308. The third kappa shape index (κ3) is 2.05. The highest BCUT2D eigenvalue weighted by molar-refractivity contribution is 5.82. The van der Waals surface area contributed by atoms with E-state index in [1.54, 1.807) is 12.4 Å². The van der Waals surface area contributed by atoms with E-state index in [9.17, 15) is 4.79 Å². The Bertz CT molecular complexity index is 605. The first-order valence-corrected chi connectivity index (χ1v) is 6.33. The van der Waals surface area contributed by atoms with Crippen molar-refractivity contribution in [3.63, 3.8) is 0 Å². The van der Waals surface area contributed by atoms with Crippen LogP contribution in [0.15, 0.2) is 24.5 Å². The number of rotatable bonds is 1. The molecular formula is C13H15N5O. The van der Waals surface area contributed by atoms with Crippen molar-refractivity contribution in [1.29, 1.82) is 0 Å². The number of pyridine rings is 1. The van der Waals surface area contributed by atoms with Crippen molar-refractivity contribution in [1.82, 2.24) is 14.8 Å². The Morgan fingerprint density at radius 1 is 1.32 bits per heavy atom. The van der Waals surface area contributed by atoms with Gasteiger partial charge in [0.1, 0.15) is 5.82 Å². The van der Waals surface area contributed by atoms with E-state index in [1.807, 2.05) is 12.1 Å². The molecule has 3 rings (SSSR count). The number of amides is 1. The molecule has 1 aliphatic rings. The Morgan fingerprint density at radius 2 is 2.11 bits per heavy atom. The van der Waals surface area contributed by atoms with E-state index in [2.05, 4.69) is 15.4 Å². The Balaban J connectivity index is 2.17. The van der Waals surface area contributed by atoms with Crippen LogP contribution in [0, 0.1) is 0 Å². The molecule has 2 aromatic rings. The van der Waals surface area contributed by atoms with Gasteiger partial charge < -0.3 is 11.1 Å². The van der Waals surface area contributed by atoms with Crippen LogP contribution in [0.5, 0.6) is 0 Å². The molecule has 0 unspecified atom stereocenters. The number of aromatic nitrogens is 3. The lowest BCUT2D eigenvalue weighted by Gasteiger charge is -2.04. The maximum Gasteiger partial charge on any atom is 0.341 e. The van der Waals surface area contributed by atoms with Crippen molar-refractivity contribution in [2.45, 2.75) is 19.3 Å². The van der Waals surface area contributed by atoms with Crippen LogP contribution < -0.4 is 11.1 Å². The normalized spacial score (nSPS) is 14.3. The standard InChI is InChI=1S/C13H15N5O/c14-13(19)18-12-10(3-1-2-6-16-12)11(17-18)9-4-7-15-8-5-9/h4-5,7-8,16H,1-3,6H2,(H2,14,19). The van der Waals surface area contributed by atoms with Crippen LogP contribution in [-0.4, -0.2) is 27.3 Å². The topological polar surface area (TPSA) is 85.8 Å². The summed E-state index contributed by atoms with van der Waals surface area (Å²) in [7, 11) is 0. The predicted molar refractivity (Wildman–Crippen MR) is 71.9 cm³/mol. The van der Waals surface area contributed by atoms with Crippen LogP contribution in [0.25, 0.3) is 11.3 Å². The second kappa shape index (κ2) is 4.72. The van der Waals surface area contributed by atoms with Crippen LogP contribution >= 0.6 is 0 Å². The number of nitrogens with one attached hydrogen (secondary N) is 1. The lowest BCUT2D eigenvalue weighted by atomic mass is 10.0. The van der Waals surface area contributed by atoms with Crippen LogP contribution in [0.1, 0.15) is 18.4 Å². The largest absolute Gasteiger partial charge is 0.370 e. The molecule has 0 radical (unpaired) electrons. The molecule has 1 aliphatic heterocycles. The number of hydrogen-bond acceptors (Lipinski definition) is 4. The van der Waals surface area contributed by atoms with Gasteiger partial charge in [0.2, 0.25) is 0 Å². The number of fused-ring (bicyclic) bond motifs is 1. The van der Waals surface area contributed by atoms with Gasteiger partial charge in [-0.15, -0.1) is 0 Å². The number of nitrogens with zero attached hydrogens (tertiary/aromatic N) is 3. The summed E-state index contributed by atoms with van der Waals surface area (Å²) in [4.78, 5) is 15.5. The molecule has 98 valence electrons. The maximum absolute atomic E-state index is 11.5. The minimum Gasteiger partial charge on any atom is -0.370 e. The molecule has 2 aromatic heterocycles. The molecule has 0 aliphatic carbocycles. The molecule has 0 saturated heterocycles. The van der Waals surface area contributed by atoms with Crippen molar-refractivity contribution in [2.24, 2.45) is 5.73 Å². The summed E-state index contributed by atoms with van der Waals surface area (Å²) in [6.45, 7) is 0.835. The second-order valence-electron chi connectivity index (χ2n) is 4.55. The summed E-state index contributed by atoms with van der Waals surface area (Å²) < 4.78 is 1.26. The van der Waals surface area contributed by atoms with Crippen LogP contribution in [0.3, 0.4) is 0 Å². The lowest BCUT2D eigenvalue weighted by molar-refractivity contribution is 0.248. The maximum atomic E-state index is 11.5. The van der Waals surface area contributed by atoms with Crippen LogP contribution in [0.4, 0.5) is 10.6 Å². The average Bonchev–Trinajstić information content (AvgIpc) is 2.62.